The lowest BCUT2D eigenvalue weighted by Gasteiger charge is -2.31. The number of benzene rings is 3. The minimum Gasteiger partial charge on any atom is -0.497 e. The largest absolute Gasteiger partial charge is 0.497 e. The zero-order valence-corrected chi connectivity index (χ0v) is 22.4. The third-order valence-electron chi connectivity index (χ3n) is 6.78. The molecule has 1 aliphatic rings. The van der Waals surface area contributed by atoms with E-state index in [1.165, 1.54) is 0 Å². The quantitative estimate of drug-likeness (QED) is 0.342. The molecule has 0 aliphatic heterocycles. The van der Waals surface area contributed by atoms with Gasteiger partial charge in [0.1, 0.15) is 17.5 Å². The predicted molar refractivity (Wildman–Crippen MR) is 145 cm³/mol. The maximum atomic E-state index is 13.5. The predicted octanol–water partition coefficient (Wildman–Crippen LogP) is 5.86. The van der Waals surface area contributed by atoms with Gasteiger partial charge in [0.05, 0.1) is 11.6 Å². The van der Waals surface area contributed by atoms with Crippen molar-refractivity contribution in [2.45, 2.75) is 57.7 Å². The van der Waals surface area contributed by atoms with Crippen LogP contribution in [0.25, 0.3) is 10.8 Å². The van der Waals surface area contributed by atoms with Gasteiger partial charge >= 0.3 is 0 Å². The van der Waals surface area contributed by atoms with Crippen LogP contribution >= 0.6 is 15.9 Å². The van der Waals surface area contributed by atoms with E-state index in [0.717, 1.165) is 52.2 Å². The number of carbonyl (C=O) groups excluding carboxylic acids is 2. The molecule has 4 rings (SSSR count). The molecule has 0 radical (unpaired) electrons. The van der Waals surface area contributed by atoms with E-state index in [9.17, 15) is 9.59 Å². The Hall–Kier alpha value is -3.06. The lowest BCUT2D eigenvalue weighted by molar-refractivity contribution is -0.143. The van der Waals surface area contributed by atoms with E-state index in [2.05, 4.69) is 21.2 Å². The molecule has 3 aromatic carbocycles. The van der Waals surface area contributed by atoms with Gasteiger partial charge in [0, 0.05) is 12.6 Å². The van der Waals surface area contributed by atoms with Gasteiger partial charge in [-0.1, -0.05) is 62.2 Å². The van der Waals surface area contributed by atoms with Crippen LogP contribution in [0.15, 0.2) is 65.1 Å². The van der Waals surface area contributed by atoms with Crippen LogP contribution in [0.4, 0.5) is 0 Å². The molecule has 0 saturated heterocycles. The van der Waals surface area contributed by atoms with Gasteiger partial charge in [-0.3, -0.25) is 9.59 Å². The average Bonchev–Trinajstić information content (AvgIpc) is 3.41. The molecule has 6 nitrogen and oxygen atoms in total. The molecule has 1 saturated carbocycles. The fraction of sp³-hybridized carbons (Fsp3) is 0.379. The van der Waals surface area contributed by atoms with Crippen molar-refractivity contribution in [3.63, 3.8) is 0 Å². The summed E-state index contributed by atoms with van der Waals surface area (Å²) in [6.07, 6.45) is 4.76. The van der Waals surface area contributed by atoms with Gasteiger partial charge in [-0.15, -0.1) is 0 Å². The second-order valence-corrected chi connectivity index (χ2v) is 9.96. The van der Waals surface area contributed by atoms with Crippen LogP contribution in [-0.4, -0.2) is 42.5 Å². The van der Waals surface area contributed by atoms with E-state index < -0.39 is 6.04 Å². The van der Waals surface area contributed by atoms with E-state index in [-0.39, 0.29) is 24.5 Å². The first-order chi connectivity index (χ1) is 17.5. The van der Waals surface area contributed by atoms with Crippen LogP contribution in [0, 0.1) is 0 Å². The molecule has 0 heterocycles. The number of amides is 2. The molecule has 1 unspecified atom stereocenters. The molecule has 0 spiro atoms. The average molecular weight is 553 g/mol. The number of ether oxygens (including phenoxy) is 2. The lowest BCUT2D eigenvalue weighted by atomic mass is 10.1. The summed E-state index contributed by atoms with van der Waals surface area (Å²) in [6.45, 7) is 2.08. The number of hydrogen-bond donors (Lipinski definition) is 1. The van der Waals surface area contributed by atoms with E-state index in [4.69, 9.17) is 9.47 Å². The Morgan fingerprint density at radius 2 is 1.78 bits per heavy atom. The number of carbonyl (C=O) groups is 2. The highest BCUT2D eigenvalue weighted by atomic mass is 79.9. The van der Waals surface area contributed by atoms with Gasteiger partial charge in [-0.2, -0.15) is 0 Å². The number of halogens is 1. The van der Waals surface area contributed by atoms with Crippen molar-refractivity contribution in [1.82, 2.24) is 10.2 Å². The molecular formula is C29H33BrN2O4. The first kappa shape index (κ1) is 26.0. The molecule has 0 aromatic heterocycles. The minimum absolute atomic E-state index is 0.0989. The van der Waals surface area contributed by atoms with Crippen molar-refractivity contribution in [2.24, 2.45) is 0 Å². The van der Waals surface area contributed by atoms with Crippen LogP contribution in [0.5, 0.6) is 11.5 Å². The molecule has 1 N–H and O–H groups in total. The SMILES string of the molecule is CCC(C(=O)NC1CCCC1)N(Cc1ccc(OC)cc1)C(=O)COc1ccc2ccccc2c1Br. The fourth-order valence-electron chi connectivity index (χ4n) is 4.76. The molecule has 1 aliphatic carbocycles. The number of rotatable bonds is 10. The summed E-state index contributed by atoms with van der Waals surface area (Å²) in [5.74, 6) is 1.000. The Balaban J connectivity index is 1.53. The molecule has 7 heteroatoms. The Kier molecular flexibility index (Phi) is 8.86. The van der Waals surface area contributed by atoms with Crippen LogP contribution in [0.2, 0.25) is 0 Å². The fourth-order valence-corrected chi connectivity index (χ4v) is 5.37. The summed E-state index contributed by atoms with van der Waals surface area (Å²) in [6, 6.07) is 19.0. The minimum atomic E-state index is -0.580. The standard InChI is InChI=1S/C29H33BrN2O4/c1-3-25(29(34)31-22-9-5-6-10-22)32(18-20-12-15-23(35-2)16-13-20)27(33)19-36-26-17-14-21-8-4-7-11-24(21)28(26)30/h4,7-8,11-17,22,25H,3,5-6,9-10,18-19H2,1-2H3,(H,31,34). The van der Waals surface area contributed by atoms with Crippen molar-refractivity contribution in [3.05, 3.63) is 70.7 Å². The Labute approximate surface area is 221 Å². The summed E-state index contributed by atoms with van der Waals surface area (Å²) in [7, 11) is 1.62. The van der Waals surface area contributed by atoms with Gasteiger partial charge in [0.25, 0.3) is 5.91 Å². The van der Waals surface area contributed by atoms with E-state index in [1.807, 2.05) is 67.6 Å². The van der Waals surface area contributed by atoms with E-state index >= 15 is 0 Å². The second-order valence-electron chi connectivity index (χ2n) is 9.17. The second kappa shape index (κ2) is 12.3. The molecule has 36 heavy (non-hydrogen) atoms. The van der Waals surface area contributed by atoms with Crippen molar-refractivity contribution in [2.75, 3.05) is 13.7 Å². The topological polar surface area (TPSA) is 67.9 Å². The normalized spacial score (nSPS) is 14.4. The maximum Gasteiger partial charge on any atom is 0.261 e. The van der Waals surface area contributed by atoms with Crippen molar-refractivity contribution in [3.8, 4) is 11.5 Å². The first-order valence-corrected chi connectivity index (χ1v) is 13.3. The van der Waals surface area contributed by atoms with Crippen LogP contribution in [0.1, 0.15) is 44.6 Å². The summed E-state index contributed by atoms with van der Waals surface area (Å²) in [4.78, 5) is 28.5. The van der Waals surface area contributed by atoms with Crippen molar-refractivity contribution < 1.29 is 19.1 Å². The van der Waals surface area contributed by atoms with Crippen molar-refractivity contribution >= 4 is 38.5 Å². The van der Waals surface area contributed by atoms with Crippen molar-refractivity contribution in [1.29, 1.82) is 0 Å². The third-order valence-corrected chi connectivity index (χ3v) is 7.60. The van der Waals surface area contributed by atoms with Gasteiger partial charge in [-0.25, -0.2) is 0 Å². The van der Waals surface area contributed by atoms with E-state index in [0.29, 0.717) is 18.7 Å². The Morgan fingerprint density at radius 1 is 1.06 bits per heavy atom. The zero-order chi connectivity index (χ0) is 25.5. The first-order valence-electron chi connectivity index (χ1n) is 12.5. The van der Waals surface area contributed by atoms with Crippen LogP contribution in [-0.2, 0) is 16.1 Å². The van der Waals surface area contributed by atoms with E-state index in [1.54, 1.807) is 12.0 Å². The Bertz CT molecular complexity index is 1190. The van der Waals surface area contributed by atoms with Gasteiger partial charge < -0.3 is 19.7 Å². The number of hydrogen-bond acceptors (Lipinski definition) is 4. The number of methoxy groups -OCH3 is 1. The smallest absolute Gasteiger partial charge is 0.261 e. The van der Waals surface area contributed by atoms with Crippen LogP contribution in [0.3, 0.4) is 0 Å². The zero-order valence-electron chi connectivity index (χ0n) is 20.8. The number of fused-ring (bicyclic) bond motifs is 1. The number of nitrogens with one attached hydrogen (secondary N) is 1. The molecule has 1 fully saturated rings. The molecule has 3 aromatic rings. The third kappa shape index (κ3) is 6.19. The lowest BCUT2D eigenvalue weighted by Crippen LogP contribution is -2.52. The highest BCUT2D eigenvalue weighted by molar-refractivity contribution is 9.10. The summed E-state index contributed by atoms with van der Waals surface area (Å²) >= 11 is 3.63. The number of nitrogens with zero attached hydrogens (tertiary/aromatic N) is 1. The molecule has 190 valence electrons. The summed E-state index contributed by atoms with van der Waals surface area (Å²) in [5.41, 5.74) is 0.920. The summed E-state index contributed by atoms with van der Waals surface area (Å²) < 4.78 is 12.0. The van der Waals surface area contributed by atoms with Crippen LogP contribution < -0.4 is 14.8 Å². The monoisotopic (exact) mass is 552 g/mol. The van der Waals surface area contributed by atoms with Gasteiger partial charge in [0.2, 0.25) is 5.91 Å². The molecular weight excluding hydrogens is 520 g/mol. The Morgan fingerprint density at radius 3 is 2.47 bits per heavy atom. The molecule has 2 amide bonds. The van der Waals surface area contributed by atoms with Gasteiger partial charge in [-0.05, 0) is 69.7 Å². The van der Waals surface area contributed by atoms with Gasteiger partial charge in [0.15, 0.2) is 6.61 Å². The molecule has 1 atom stereocenters. The molecule has 0 bridgehead atoms. The maximum absolute atomic E-state index is 13.5. The summed E-state index contributed by atoms with van der Waals surface area (Å²) in [5, 5.41) is 5.27. The highest BCUT2D eigenvalue weighted by Crippen LogP contribution is 2.33. The highest BCUT2D eigenvalue weighted by Gasteiger charge is 2.31.